The molecule has 8 heteroatoms. The molecular formula is C22H18N2O6. The zero-order valence-corrected chi connectivity index (χ0v) is 16.0. The van der Waals surface area contributed by atoms with Crippen LogP contribution in [0.25, 0.3) is 11.1 Å². The van der Waals surface area contributed by atoms with E-state index in [9.17, 15) is 24.8 Å². The molecule has 2 bridgehead atoms. The molecule has 3 heterocycles. The van der Waals surface area contributed by atoms with Crippen molar-refractivity contribution in [1.29, 1.82) is 0 Å². The molecular weight excluding hydrogens is 388 g/mol. The number of carbonyl (C=O) groups excluding carboxylic acids is 2. The van der Waals surface area contributed by atoms with Crippen LogP contribution >= 0.6 is 0 Å². The number of fused-ring (bicyclic) bond motifs is 5. The Hall–Kier alpha value is -3.36. The molecule has 0 spiro atoms. The van der Waals surface area contributed by atoms with Crippen molar-refractivity contribution in [1.82, 2.24) is 0 Å². The van der Waals surface area contributed by atoms with Crippen LogP contribution in [-0.2, 0) is 14.3 Å². The molecule has 2 saturated heterocycles. The zero-order chi connectivity index (χ0) is 21.3. The van der Waals surface area contributed by atoms with Gasteiger partial charge < -0.3 is 9.84 Å². The van der Waals surface area contributed by atoms with Crippen LogP contribution in [0.5, 0.6) is 0 Å². The fourth-order valence-electron chi connectivity index (χ4n) is 4.87. The summed E-state index contributed by atoms with van der Waals surface area (Å²) in [5.74, 6) is -2.14. The van der Waals surface area contributed by atoms with Gasteiger partial charge in [0.05, 0.1) is 34.7 Å². The van der Waals surface area contributed by atoms with Crippen molar-refractivity contribution in [2.45, 2.75) is 18.1 Å². The fourth-order valence-corrected chi connectivity index (χ4v) is 4.87. The van der Waals surface area contributed by atoms with E-state index in [1.165, 1.54) is 17.0 Å². The first-order valence-electron chi connectivity index (χ1n) is 9.54. The van der Waals surface area contributed by atoms with Crippen LogP contribution in [-0.4, -0.2) is 39.7 Å². The molecule has 1 N–H and O–H groups in total. The smallest absolute Gasteiger partial charge is 0.269 e. The van der Waals surface area contributed by atoms with Gasteiger partial charge in [-0.1, -0.05) is 24.3 Å². The number of imide groups is 1. The third kappa shape index (κ3) is 2.34. The number of nitro benzene ring substituents is 1. The summed E-state index contributed by atoms with van der Waals surface area (Å²) < 4.78 is 5.91. The summed E-state index contributed by atoms with van der Waals surface area (Å²) in [4.78, 5) is 37.8. The largest absolute Gasteiger partial charge is 0.393 e. The Morgan fingerprint density at radius 3 is 2.13 bits per heavy atom. The minimum absolute atomic E-state index is 0.00642. The summed E-state index contributed by atoms with van der Waals surface area (Å²) in [6.07, 6.45) is 3.46. The molecule has 5 rings (SSSR count). The SMILES string of the molecule is CC12C=CC(CO)(O1)C1C(=O)N(c3ccc(-c4ccc([N+](=O)[O-])cc4)cc3)C(=O)C12. The Labute approximate surface area is 171 Å². The van der Waals surface area contributed by atoms with Crippen LogP contribution in [0.15, 0.2) is 60.7 Å². The molecule has 30 heavy (non-hydrogen) atoms. The quantitative estimate of drug-likeness (QED) is 0.361. The Morgan fingerprint density at radius 2 is 1.57 bits per heavy atom. The first kappa shape index (κ1) is 18.7. The van der Waals surface area contributed by atoms with Crippen molar-refractivity contribution < 1.29 is 24.4 Å². The van der Waals surface area contributed by atoms with Crippen LogP contribution in [0.1, 0.15) is 6.92 Å². The van der Waals surface area contributed by atoms with Crippen LogP contribution in [0.3, 0.4) is 0 Å². The third-order valence-electron chi connectivity index (χ3n) is 6.34. The number of carbonyl (C=O) groups is 2. The topological polar surface area (TPSA) is 110 Å². The number of hydrogen-bond donors (Lipinski definition) is 1. The number of aliphatic hydroxyl groups excluding tert-OH is 1. The van der Waals surface area contributed by atoms with E-state index in [0.29, 0.717) is 5.69 Å². The Morgan fingerprint density at radius 1 is 1.00 bits per heavy atom. The number of ether oxygens (including phenoxy) is 1. The van der Waals surface area contributed by atoms with Gasteiger partial charge in [0.15, 0.2) is 0 Å². The second-order valence-corrected chi connectivity index (χ2v) is 8.05. The van der Waals surface area contributed by atoms with Gasteiger partial charge in [-0.3, -0.25) is 19.7 Å². The Bertz CT molecular complexity index is 1110. The van der Waals surface area contributed by atoms with Gasteiger partial charge in [0.2, 0.25) is 11.8 Å². The van der Waals surface area contributed by atoms with Gasteiger partial charge in [-0.2, -0.15) is 0 Å². The first-order valence-corrected chi connectivity index (χ1v) is 9.54. The van der Waals surface area contributed by atoms with Crippen LogP contribution in [0, 0.1) is 22.0 Å². The summed E-state index contributed by atoms with van der Waals surface area (Å²) >= 11 is 0. The summed E-state index contributed by atoms with van der Waals surface area (Å²) in [5.41, 5.74) is -0.0249. The maximum absolute atomic E-state index is 13.2. The molecule has 2 amide bonds. The number of hydrogen-bond acceptors (Lipinski definition) is 6. The van der Waals surface area contributed by atoms with Crippen LogP contribution < -0.4 is 4.90 Å². The number of non-ortho nitro benzene ring substituents is 1. The van der Waals surface area contributed by atoms with Gasteiger partial charge >= 0.3 is 0 Å². The normalized spacial score (nSPS) is 31.5. The van der Waals surface area contributed by atoms with Gasteiger partial charge in [-0.25, -0.2) is 4.90 Å². The number of amides is 2. The minimum atomic E-state index is -1.15. The number of nitro groups is 1. The molecule has 152 valence electrons. The average Bonchev–Trinajstić information content (AvgIpc) is 3.33. The lowest BCUT2D eigenvalue weighted by molar-refractivity contribution is -0.384. The molecule has 4 unspecified atom stereocenters. The predicted octanol–water partition coefficient (Wildman–Crippen LogP) is 2.46. The maximum Gasteiger partial charge on any atom is 0.269 e. The van der Waals surface area contributed by atoms with E-state index in [0.717, 1.165) is 11.1 Å². The van der Waals surface area contributed by atoms with Crippen LogP contribution in [0.4, 0.5) is 11.4 Å². The molecule has 0 radical (unpaired) electrons. The lowest BCUT2D eigenvalue weighted by atomic mass is 9.73. The van der Waals surface area contributed by atoms with Crippen molar-refractivity contribution in [2.24, 2.45) is 11.8 Å². The van der Waals surface area contributed by atoms with Crippen LogP contribution in [0.2, 0.25) is 0 Å². The highest BCUT2D eigenvalue weighted by Gasteiger charge is 2.72. The van der Waals surface area contributed by atoms with E-state index in [2.05, 4.69) is 0 Å². The highest BCUT2D eigenvalue weighted by molar-refractivity contribution is 6.23. The summed E-state index contributed by atoms with van der Waals surface area (Å²) in [6.45, 7) is 1.39. The number of rotatable bonds is 4. The van der Waals surface area contributed by atoms with E-state index in [4.69, 9.17) is 4.74 Å². The molecule has 0 saturated carbocycles. The Balaban J connectivity index is 1.45. The molecule has 3 aliphatic rings. The van der Waals surface area contributed by atoms with Gasteiger partial charge in [0, 0.05) is 12.1 Å². The molecule has 3 aliphatic heterocycles. The van der Waals surface area contributed by atoms with E-state index in [1.54, 1.807) is 55.5 Å². The molecule has 0 aliphatic carbocycles. The highest BCUT2D eigenvalue weighted by Crippen LogP contribution is 2.57. The molecule has 2 fully saturated rings. The van der Waals surface area contributed by atoms with Crippen molar-refractivity contribution in [2.75, 3.05) is 11.5 Å². The van der Waals surface area contributed by atoms with Crippen molar-refractivity contribution in [3.63, 3.8) is 0 Å². The zero-order valence-electron chi connectivity index (χ0n) is 16.0. The van der Waals surface area contributed by atoms with Crippen molar-refractivity contribution in [3.05, 3.63) is 70.8 Å². The summed E-state index contributed by atoms with van der Waals surface area (Å²) in [5, 5.41) is 20.7. The first-order chi connectivity index (χ1) is 14.3. The maximum atomic E-state index is 13.2. The van der Waals surface area contributed by atoms with E-state index in [-0.39, 0.29) is 24.1 Å². The van der Waals surface area contributed by atoms with E-state index in [1.807, 2.05) is 0 Å². The highest BCUT2D eigenvalue weighted by atomic mass is 16.6. The number of aliphatic hydroxyl groups is 1. The Kier molecular flexibility index (Phi) is 3.77. The number of anilines is 1. The van der Waals surface area contributed by atoms with E-state index < -0.39 is 28.0 Å². The molecule has 0 aromatic heterocycles. The molecule has 4 atom stereocenters. The molecule has 2 aromatic carbocycles. The van der Waals surface area contributed by atoms with Gasteiger partial charge in [-0.05, 0) is 42.3 Å². The predicted molar refractivity (Wildman–Crippen MR) is 106 cm³/mol. The lowest BCUT2D eigenvalue weighted by Crippen LogP contribution is -2.43. The molecule has 8 nitrogen and oxygen atoms in total. The summed E-state index contributed by atoms with van der Waals surface area (Å²) in [7, 11) is 0. The summed E-state index contributed by atoms with van der Waals surface area (Å²) in [6, 6.07) is 13.0. The van der Waals surface area contributed by atoms with Gasteiger partial charge in [0.25, 0.3) is 5.69 Å². The van der Waals surface area contributed by atoms with Gasteiger partial charge in [0.1, 0.15) is 5.60 Å². The lowest BCUT2D eigenvalue weighted by Gasteiger charge is -2.27. The standard InChI is InChI=1S/C22H18N2O6/c1-21-10-11-22(12-25,30-21)18-17(21)19(26)23(20(18)27)15-6-2-13(3-7-15)14-4-8-16(9-5-14)24(28)29/h2-11,17-18,25H,12H2,1H3. The van der Waals surface area contributed by atoms with Gasteiger partial charge in [-0.15, -0.1) is 0 Å². The average molecular weight is 406 g/mol. The number of benzene rings is 2. The van der Waals surface area contributed by atoms with E-state index >= 15 is 0 Å². The molecule has 2 aromatic rings. The van der Waals surface area contributed by atoms with Crippen molar-refractivity contribution in [3.8, 4) is 11.1 Å². The third-order valence-corrected chi connectivity index (χ3v) is 6.34. The second-order valence-electron chi connectivity index (χ2n) is 8.05. The second kappa shape index (κ2) is 6.07. The fraction of sp³-hybridized carbons (Fsp3) is 0.273. The van der Waals surface area contributed by atoms with Crippen molar-refractivity contribution >= 4 is 23.2 Å². The minimum Gasteiger partial charge on any atom is -0.393 e. The number of nitrogens with zero attached hydrogens (tertiary/aromatic N) is 2. The monoisotopic (exact) mass is 406 g/mol.